The van der Waals surface area contributed by atoms with E-state index in [1.165, 1.54) is 148 Å². The number of ether oxygens (including phenoxy) is 2. The molecule has 0 aromatic heterocycles. The van der Waals surface area contributed by atoms with Crippen LogP contribution >= 0.6 is 7.60 Å². The number of sulfonamides is 1. The molecule has 1 aliphatic carbocycles. The Morgan fingerprint density at radius 2 is 1.18 bits per heavy atom. The minimum Gasteiger partial charge on any atom is -0.777 e. The number of benzene rings is 3. The maximum atomic E-state index is 14.1. The number of aliphatic hydroxyl groups is 1. The molecule has 8 rings (SSSR count). The lowest BCUT2D eigenvalue weighted by Gasteiger charge is -2.40. The second kappa shape index (κ2) is 34.6. The Labute approximate surface area is 526 Å². The summed E-state index contributed by atoms with van der Waals surface area (Å²) in [5, 5.41) is 13.4. The van der Waals surface area contributed by atoms with E-state index >= 15 is 0 Å². The highest BCUT2D eigenvalue weighted by Gasteiger charge is 2.37. The Kier molecular flexibility index (Phi) is 27.5. The zero-order chi connectivity index (χ0) is 62.5. The molecule has 3 unspecified atom stereocenters. The third kappa shape index (κ3) is 19.3. The number of aliphatic hydroxyl groups excluding tert-OH is 1. The Morgan fingerprint density at radius 3 is 1.77 bits per heavy atom. The van der Waals surface area contributed by atoms with Crippen LogP contribution in [0.1, 0.15) is 264 Å². The summed E-state index contributed by atoms with van der Waals surface area (Å²) in [6.45, 7) is 6.12. The Balaban J connectivity index is 0.908. The van der Waals surface area contributed by atoms with Crippen molar-refractivity contribution in [1.82, 2.24) is 9.30 Å². The van der Waals surface area contributed by atoms with Crippen LogP contribution in [-0.4, -0.2) is 96.3 Å². The van der Waals surface area contributed by atoms with Gasteiger partial charge in [0, 0.05) is 67.7 Å². The van der Waals surface area contributed by atoms with E-state index in [1.54, 1.807) is 0 Å². The van der Waals surface area contributed by atoms with Crippen molar-refractivity contribution in [3.8, 4) is 0 Å². The Bertz CT molecular complexity index is 3240. The molecular formula is C69H103N3O13PS2-. The Hall–Kier alpha value is -4.00. The number of hydrogen-bond acceptors (Lipinski definition) is 14. The first-order chi connectivity index (χ1) is 42.5. The lowest BCUT2D eigenvalue weighted by Crippen LogP contribution is -2.46. The number of carbonyl (C=O) groups is 2. The van der Waals surface area contributed by atoms with Crippen molar-refractivity contribution in [2.24, 2.45) is 0 Å². The number of fused-ring (bicyclic) bond motifs is 4. The first-order valence-corrected chi connectivity index (χ1v) is 38.8. The van der Waals surface area contributed by atoms with Crippen LogP contribution in [0.5, 0.6) is 0 Å². The second-order valence-corrected chi connectivity index (χ2v) is 30.7. The lowest BCUT2D eigenvalue weighted by molar-refractivity contribution is -0.214. The molecule has 4 aliphatic heterocycles. The molecule has 0 spiro atoms. The third-order valence-electron chi connectivity index (χ3n) is 19.0. The van der Waals surface area contributed by atoms with Gasteiger partial charge in [-0.3, -0.25) is 9.59 Å². The lowest BCUT2D eigenvalue weighted by atomic mass is 9.74. The van der Waals surface area contributed by atoms with E-state index in [0.717, 1.165) is 157 Å². The average Bonchev–Trinajstić information content (AvgIpc) is 1.71. The van der Waals surface area contributed by atoms with Gasteiger partial charge < -0.3 is 38.0 Å². The van der Waals surface area contributed by atoms with Crippen LogP contribution in [0.25, 0.3) is 5.57 Å². The number of hydrogen-bond donors (Lipinski definition) is 2. The van der Waals surface area contributed by atoms with Gasteiger partial charge in [-0.15, -0.1) is 0 Å². The first kappa shape index (κ1) is 69.9. The van der Waals surface area contributed by atoms with Crippen molar-refractivity contribution in [3.63, 3.8) is 0 Å². The van der Waals surface area contributed by atoms with Gasteiger partial charge in [0.05, 0.1) is 16.4 Å². The van der Waals surface area contributed by atoms with Crippen molar-refractivity contribution in [2.75, 3.05) is 50.8 Å². The number of unbranched alkanes of at least 4 members (excludes halogenated alkanes) is 24. The van der Waals surface area contributed by atoms with E-state index < -0.39 is 81.2 Å². The van der Waals surface area contributed by atoms with Crippen molar-refractivity contribution in [1.29, 1.82) is 0 Å². The highest BCUT2D eigenvalue weighted by atomic mass is 32.2. The van der Waals surface area contributed by atoms with E-state index in [1.807, 2.05) is 0 Å². The van der Waals surface area contributed by atoms with E-state index in [4.69, 9.17) is 14.0 Å². The molecule has 19 heteroatoms. The van der Waals surface area contributed by atoms with Crippen molar-refractivity contribution >= 4 is 50.9 Å². The summed E-state index contributed by atoms with van der Waals surface area (Å²) >= 11 is 0. The molecule has 0 saturated carbocycles. The molecule has 0 saturated heterocycles. The van der Waals surface area contributed by atoms with Gasteiger partial charge in [-0.1, -0.05) is 174 Å². The van der Waals surface area contributed by atoms with E-state index in [9.17, 15) is 45.5 Å². The first-order valence-electron chi connectivity index (χ1n) is 34.3. The number of esters is 2. The molecule has 0 fully saturated rings. The van der Waals surface area contributed by atoms with Gasteiger partial charge in [0.1, 0.15) is 29.8 Å². The average molecular weight is 1280 g/mol. The molecule has 0 bridgehead atoms. The summed E-state index contributed by atoms with van der Waals surface area (Å²) in [5.41, 5.74) is 10.0. The van der Waals surface area contributed by atoms with Gasteiger partial charge in [-0.2, -0.15) is 0 Å². The zero-order valence-electron chi connectivity index (χ0n) is 53.2. The monoisotopic (exact) mass is 1280 g/mol. The molecule has 0 radical (unpaired) electrons. The summed E-state index contributed by atoms with van der Waals surface area (Å²) in [6, 6.07) is 7.92. The largest absolute Gasteiger partial charge is 0.777 e. The molecule has 88 heavy (non-hydrogen) atoms. The van der Waals surface area contributed by atoms with Gasteiger partial charge in [0.15, 0.2) is 19.5 Å². The standard InChI is InChI=1S/C69H104N3O13PS2/c1-3-5-7-9-11-13-15-17-19-21-23-25-27-37-64(73)83-51-62(85-65(74)38-28-26-24-22-20-18-16-14-12-10-8-6-4-2)69(75)86(76,77)84-46-41-70-87(78,79)54-39-40-57(63(49-54)88(80,81)82)66-60-47-52-33-29-42-71-44-31-35-55(67(52)71)58(60)50-59-56-36-32-45-72-43-30-34-53(68(56)72)48-61(59)66/h39-40,47-49,62,69-70,75H,3-38,41-46,50-51H2,1-2H3,(H-,76,77,80,81,82)/p-1. The van der Waals surface area contributed by atoms with Gasteiger partial charge in [0.2, 0.25) is 15.4 Å². The van der Waals surface area contributed by atoms with Gasteiger partial charge >= 0.3 is 11.9 Å². The molecule has 3 atom stereocenters. The topological polar surface area (TPSA) is 232 Å². The van der Waals surface area contributed by atoms with Crippen LogP contribution in [0.4, 0.5) is 5.69 Å². The fourth-order valence-corrected chi connectivity index (χ4v) is 17.2. The third-order valence-corrected chi connectivity index (χ3v) is 22.8. The van der Waals surface area contributed by atoms with Gasteiger partial charge in [0.25, 0.3) is 0 Å². The highest BCUT2D eigenvalue weighted by molar-refractivity contribution is 7.89. The highest BCUT2D eigenvalue weighted by Crippen LogP contribution is 2.46. The van der Waals surface area contributed by atoms with E-state index in [0.29, 0.717) is 24.8 Å². The number of nitrogens with one attached hydrogen (secondary N) is 1. The molecule has 3 aromatic rings. The fourth-order valence-electron chi connectivity index (χ4n) is 14.3. The quantitative estimate of drug-likeness (QED) is 0.0138. The number of rotatable bonds is 41. The molecule has 2 N–H and O–H groups in total. The minimum atomic E-state index is -5.38. The van der Waals surface area contributed by atoms with Crippen LogP contribution in [0.2, 0.25) is 0 Å². The van der Waals surface area contributed by atoms with Crippen LogP contribution in [0.15, 0.2) is 40.1 Å². The summed E-state index contributed by atoms with van der Waals surface area (Å²) in [6.07, 6.45) is 35.4. The smallest absolute Gasteiger partial charge is 0.306 e. The SMILES string of the molecule is CCCCCCCCCCCCCCCC(=O)OCC(OC(=O)CCCCCCCCCCCCCCC)C(O)P(=O)([O-])OCCNS(=O)(=O)c1ccc(C2=c3cc4c5c(c3Cc3c2cc2c6c3CCCN6CCC2)CCC[N+]=5CCC4)c(S(=O)(=O)[O-])c1. The predicted octanol–water partition coefficient (Wildman–Crippen LogP) is 11.4. The normalized spacial score (nSPS) is 16.7. The number of anilines is 1. The van der Waals surface area contributed by atoms with Gasteiger partial charge in [-0.05, 0) is 121 Å². The molecule has 5 aliphatic rings. The number of nitrogens with zero attached hydrogens (tertiary/aromatic N) is 2. The Morgan fingerprint density at radius 1 is 0.648 bits per heavy atom. The van der Waals surface area contributed by atoms with E-state index in [2.05, 4.69) is 40.2 Å². The van der Waals surface area contributed by atoms with E-state index in [-0.39, 0.29) is 18.4 Å². The zero-order valence-corrected chi connectivity index (χ0v) is 55.7. The molecule has 490 valence electrons. The summed E-state index contributed by atoms with van der Waals surface area (Å²) in [5.74, 6) is -3.87. The van der Waals surface area contributed by atoms with Crippen LogP contribution in [0, 0.1) is 0 Å². The maximum Gasteiger partial charge on any atom is 0.306 e. The number of carbonyl (C=O) groups excluding carboxylic acids is 2. The van der Waals surface area contributed by atoms with Crippen LogP contribution in [-0.2, 0) is 80.4 Å². The number of aryl methyl sites for hydroxylation is 2. The van der Waals surface area contributed by atoms with Crippen LogP contribution < -0.4 is 29.7 Å². The molecule has 16 nitrogen and oxygen atoms in total. The molecule has 3 aromatic carbocycles. The van der Waals surface area contributed by atoms with Crippen molar-refractivity contribution in [2.45, 2.75) is 273 Å². The minimum absolute atomic E-state index is 0.0426. The summed E-state index contributed by atoms with van der Waals surface area (Å²) in [7, 11) is -15.3. The van der Waals surface area contributed by atoms with Crippen LogP contribution in [0.3, 0.4) is 0 Å². The van der Waals surface area contributed by atoms with Gasteiger partial charge in [-0.25, -0.2) is 26.1 Å². The molecule has 4 heterocycles. The van der Waals surface area contributed by atoms with Crippen molar-refractivity contribution < 1.29 is 59.5 Å². The van der Waals surface area contributed by atoms with Crippen molar-refractivity contribution in [3.05, 3.63) is 85.4 Å². The predicted molar refractivity (Wildman–Crippen MR) is 344 cm³/mol. The second-order valence-electron chi connectivity index (χ2n) is 25.7. The fraction of sp³-hybridized carbons (Fsp3) is 0.696. The molecule has 0 amide bonds. The summed E-state index contributed by atoms with van der Waals surface area (Å²) < 4.78 is 103. The molecular weight excluding hydrogens is 1170 g/mol. The summed E-state index contributed by atoms with van der Waals surface area (Å²) in [4.78, 5) is 41.0. The maximum absolute atomic E-state index is 14.1.